The molecule has 0 bridgehead atoms. The molecule has 4 nitrogen and oxygen atoms in total. The molecule has 1 unspecified atom stereocenters. The molecule has 0 aromatic heterocycles. The quantitative estimate of drug-likeness (QED) is 0.922. The van der Waals surface area contributed by atoms with Crippen molar-refractivity contribution in [2.24, 2.45) is 5.73 Å². The zero-order valence-electron chi connectivity index (χ0n) is 12.4. The van der Waals surface area contributed by atoms with E-state index in [1.54, 1.807) is 4.90 Å². The number of carbonyl (C=O) groups is 2. The number of carbonyl (C=O) groups excluding carboxylic acids is 2. The van der Waals surface area contributed by atoms with Crippen molar-refractivity contribution in [3.05, 3.63) is 35.4 Å². The third-order valence-corrected chi connectivity index (χ3v) is 7.25. The number of nitrogens with two attached hydrogens (primary N) is 1. The van der Waals surface area contributed by atoms with Crippen molar-refractivity contribution in [1.29, 1.82) is 0 Å². The Labute approximate surface area is 139 Å². The van der Waals surface area contributed by atoms with Crippen molar-refractivity contribution in [1.82, 2.24) is 4.90 Å². The van der Waals surface area contributed by atoms with E-state index in [1.165, 1.54) is 17.1 Å². The minimum atomic E-state index is -0.457. The lowest BCUT2D eigenvalue weighted by molar-refractivity contribution is -0.123. The lowest BCUT2D eigenvalue weighted by Crippen LogP contribution is -2.50. The van der Waals surface area contributed by atoms with Crippen molar-refractivity contribution in [3.63, 3.8) is 0 Å². The maximum Gasteiger partial charge on any atom is 0.254 e. The maximum atomic E-state index is 12.7. The highest BCUT2D eigenvalue weighted by molar-refractivity contribution is 8.19. The summed E-state index contributed by atoms with van der Waals surface area (Å²) >= 11 is 3.90. The average Bonchev–Trinajstić information content (AvgIpc) is 3.09. The number of hydrogen-bond acceptors (Lipinski definition) is 4. The van der Waals surface area contributed by atoms with Gasteiger partial charge in [-0.1, -0.05) is 12.1 Å². The van der Waals surface area contributed by atoms with Crippen LogP contribution in [0.5, 0.6) is 0 Å². The van der Waals surface area contributed by atoms with Gasteiger partial charge < -0.3 is 10.6 Å². The molecule has 6 heteroatoms. The zero-order valence-corrected chi connectivity index (χ0v) is 14.0. The number of thioether (sulfide) groups is 2. The molecule has 3 rings (SSSR count). The lowest BCUT2D eigenvalue weighted by Gasteiger charge is -2.33. The number of rotatable bonds is 3. The van der Waals surface area contributed by atoms with E-state index in [1.807, 2.05) is 47.8 Å². The van der Waals surface area contributed by atoms with Crippen molar-refractivity contribution in [2.45, 2.75) is 29.9 Å². The van der Waals surface area contributed by atoms with E-state index in [0.29, 0.717) is 23.1 Å². The Kier molecular flexibility index (Phi) is 4.98. The van der Waals surface area contributed by atoms with Crippen LogP contribution in [-0.4, -0.2) is 40.8 Å². The predicted octanol–water partition coefficient (Wildman–Crippen LogP) is 2.65. The van der Waals surface area contributed by atoms with E-state index >= 15 is 0 Å². The van der Waals surface area contributed by atoms with Crippen LogP contribution in [-0.2, 0) is 4.79 Å². The van der Waals surface area contributed by atoms with Gasteiger partial charge in [-0.15, -0.1) is 23.5 Å². The molecule has 1 aromatic carbocycles. The Morgan fingerprint density at radius 3 is 2.41 bits per heavy atom. The Morgan fingerprint density at radius 2 is 1.77 bits per heavy atom. The smallest absolute Gasteiger partial charge is 0.254 e. The van der Waals surface area contributed by atoms with Gasteiger partial charge in [0.2, 0.25) is 5.91 Å². The SMILES string of the molecule is NC(=O)C1CCCCN1C(=O)c1ccc(C2SCCS2)cc1. The first-order chi connectivity index (χ1) is 10.7. The fourth-order valence-electron chi connectivity index (χ4n) is 2.97. The second-order valence-electron chi connectivity index (χ2n) is 5.61. The molecule has 2 N–H and O–H groups in total. The zero-order chi connectivity index (χ0) is 15.5. The standard InChI is InChI=1S/C16H20N2O2S2/c17-14(19)13-3-1-2-8-18(13)15(20)11-4-6-12(7-5-11)16-21-9-10-22-16/h4-7,13,16H,1-3,8-10H2,(H2,17,19). The van der Waals surface area contributed by atoms with Crippen molar-refractivity contribution >= 4 is 35.3 Å². The van der Waals surface area contributed by atoms with Crippen molar-refractivity contribution < 1.29 is 9.59 Å². The molecule has 0 aliphatic carbocycles. The summed E-state index contributed by atoms with van der Waals surface area (Å²) in [7, 11) is 0. The molecule has 2 aliphatic rings. The predicted molar refractivity (Wildman–Crippen MR) is 92.0 cm³/mol. The summed E-state index contributed by atoms with van der Waals surface area (Å²) in [5, 5.41) is 0. The normalized spacial score (nSPS) is 22.7. The van der Waals surface area contributed by atoms with Gasteiger partial charge in [0.15, 0.2) is 0 Å². The Morgan fingerprint density at radius 1 is 1.09 bits per heavy atom. The monoisotopic (exact) mass is 336 g/mol. The summed E-state index contributed by atoms with van der Waals surface area (Å²) < 4.78 is 0.484. The summed E-state index contributed by atoms with van der Waals surface area (Å²) in [6, 6.07) is 7.37. The molecule has 2 amide bonds. The molecule has 2 aliphatic heterocycles. The molecule has 22 heavy (non-hydrogen) atoms. The van der Waals surface area contributed by atoms with Gasteiger partial charge in [0.25, 0.3) is 5.91 Å². The molecule has 2 heterocycles. The van der Waals surface area contributed by atoms with Crippen LogP contribution >= 0.6 is 23.5 Å². The van der Waals surface area contributed by atoms with E-state index in [0.717, 1.165) is 12.8 Å². The van der Waals surface area contributed by atoms with Crippen LogP contribution in [0.2, 0.25) is 0 Å². The van der Waals surface area contributed by atoms with Crippen LogP contribution in [0, 0.1) is 0 Å². The van der Waals surface area contributed by atoms with E-state index in [-0.39, 0.29) is 5.91 Å². The molecular weight excluding hydrogens is 316 g/mol. The van der Waals surface area contributed by atoms with Gasteiger partial charge in [0, 0.05) is 23.6 Å². The molecule has 0 saturated carbocycles. The van der Waals surface area contributed by atoms with E-state index in [4.69, 9.17) is 5.73 Å². The first-order valence-electron chi connectivity index (χ1n) is 7.60. The fraction of sp³-hybridized carbons (Fsp3) is 0.500. The van der Waals surface area contributed by atoms with Gasteiger partial charge >= 0.3 is 0 Å². The molecule has 1 aromatic rings. The van der Waals surface area contributed by atoms with Crippen LogP contribution in [0.4, 0.5) is 0 Å². The number of likely N-dealkylation sites (tertiary alicyclic amines) is 1. The second-order valence-corrected chi connectivity index (χ2v) is 8.33. The minimum Gasteiger partial charge on any atom is -0.368 e. The molecular formula is C16H20N2O2S2. The summed E-state index contributed by atoms with van der Waals surface area (Å²) in [5.74, 6) is 1.89. The van der Waals surface area contributed by atoms with Gasteiger partial charge in [-0.3, -0.25) is 9.59 Å². The van der Waals surface area contributed by atoms with Crippen LogP contribution in [0.15, 0.2) is 24.3 Å². The summed E-state index contributed by atoms with van der Waals surface area (Å²) in [5.41, 5.74) is 7.34. The number of primary amides is 1. The van der Waals surface area contributed by atoms with Gasteiger partial charge in [0.05, 0.1) is 4.58 Å². The number of hydrogen-bond donors (Lipinski definition) is 1. The van der Waals surface area contributed by atoms with Crippen LogP contribution < -0.4 is 5.73 Å². The summed E-state index contributed by atoms with van der Waals surface area (Å²) in [4.78, 5) is 25.8. The number of amides is 2. The lowest BCUT2D eigenvalue weighted by atomic mass is 10.00. The summed E-state index contributed by atoms with van der Waals surface area (Å²) in [6.45, 7) is 0.614. The van der Waals surface area contributed by atoms with Crippen LogP contribution in [0.1, 0.15) is 39.8 Å². The van der Waals surface area contributed by atoms with E-state index < -0.39 is 11.9 Å². The van der Waals surface area contributed by atoms with Gasteiger partial charge in [-0.05, 0) is 37.0 Å². The topological polar surface area (TPSA) is 63.4 Å². The minimum absolute atomic E-state index is 0.0817. The molecule has 1 atom stereocenters. The van der Waals surface area contributed by atoms with Crippen LogP contribution in [0.25, 0.3) is 0 Å². The third-order valence-electron chi connectivity index (χ3n) is 4.14. The number of benzene rings is 1. The number of piperidine rings is 1. The van der Waals surface area contributed by atoms with Crippen LogP contribution in [0.3, 0.4) is 0 Å². The third kappa shape index (κ3) is 3.27. The van der Waals surface area contributed by atoms with E-state index in [9.17, 15) is 9.59 Å². The van der Waals surface area contributed by atoms with Gasteiger partial charge in [-0.2, -0.15) is 0 Å². The molecule has 0 radical (unpaired) electrons. The molecule has 2 fully saturated rings. The Balaban J connectivity index is 1.74. The van der Waals surface area contributed by atoms with Crippen molar-refractivity contribution in [2.75, 3.05) is 18.1 Å². The largest absolute Gasteiger partial charge is 0.368 e. The Bertz CT molecular complexity index is 556. The van der Waals surface area contributed by atoms with Crippen molar-refractivity contribution in [3.8, 4) is 0 Å². The van der Waals surface area contributed by atoms with Gasteiger partial charge in [0.1, 0.15) is 6.04 Å². The molecule has 2 saturated heterocycles. The summed E-state index contributed by atoms with van der Waals surface area (Å²) in [6.07, 6.45) is 2.56. The Hall–Kier alpha value is -1.14. The van der Waals surface area contributed by atoms with Gasteiger partial charge in [-0.25, -0.2) is 0 Å². The highest BCUT2D eigenvalue weighted by atomic mass is 32.2. The first-order valence-corrected chi connectivity index (χ1v) is 9.70. The molecule has 0 spiro atoms. The fourth-order valence-corrected chi connectivity index (χ4v) is 5.83. The molecule has 118 valence electrons. The van der Waals surface area contributed by atoms with E-state index in [2.05, 4.69) is 0 Å². The average molecular weight is 336 g/mol. The number of nitrogens with zero attached hydrogens (tertiary/aromatic N) is 1. The second kappa shape index (κ2) is 6.96. The maximum absolute atomic E-state index is 12.7. The first kappa shape index (κ1) is 15.7. The highest BCUT2D eigenvalue weighted by Gasteiger charge is 2.31. The highest BCUT2D eigenvalue weighted by Crippen LogP contribution is 2.45.